The molecule has 154 valence electrons. The van der Waals surface area contributed by atoms with Crippen molar-refractivity contribution in [1.29, 1.82) is 0 Å². The van der Waals surface area contributed by atoms with Crippen molar-refractivity contribution in [2.75, 3.05) is 13.1 Å². The number of hydrogen-bond donors (Lipinski definition) is 1. The average Bonchev–Trinajstić information content (AvgIpc) is 3.38. The van der Waals surface area contributed by atoms with Crippen LogP contribution in [0, 0.1) is 11.2 Å². The van der Waals surface area contributed by atoms with E-state index in [-0.39, 0.29) is 18.3 Å². The highest BCUT2D eigenvalue weighted by molar-refractivity contribution is 5.86. The molecule has 1 aliphatic heterocycles. The quantitative estimate of drug-likeness (QED) is 0.849. The zero-order valence-electron chi connectivity index (χ0n) is 16.6. The molecule has 1 heterocycles. The van der Waals surface area contributed by atoms with Crippen molar-refractivity contribution in [2.24, 2.45) is 5.41 Å². The Balaban J connectivity index is 1.53. The van der Waals surface area contributed by atoms with Gasteiger partial charge in [-0.15, -0.1) is 0 Å². The van der Waals surface area contributed by atoms with Crippen molar-refractivity contribution in [3.8, 4) is 0 Å². The Hall–Kier alpha value is -2.18. The van der Waals surface area contributed by atoms with Gasteiger partial charge in [0.1, 0.15) is 17.6 Å². The molecule has 7 heteroatoms. The zero-order valence-corrected chi connectivity index (χ0v) is 16.6. The predicted molar refractivity (Wildman–Crippen MR) is 101 cm³/mol. The van der Waals surface area contributed by atoms with Crippen LogP contribution in [0.15, 0.2) is 24.3 Å². The summed E-state index contributed by atoms with van der Waals surface area (Å²) in [7, 11) is 0. The van der Waals surface area contributed by atoms with Crippen LogP contribution in [-0.4, -0.2) is 47.8 Å². The molecule has 1 saturated carbocycles. The number of piperidine rings is 1. The van der Waals surface area contributed by atoms with Crippen molar-refractivity contribution in [3.63, 3.8) is 0 Å². The van der Waals surface area contributed by atoms with E-state index in [9.17, 15) is 18.4 Å². The monoisotopic (exact) mass is 394 g/mol. The Labute approximate surface area is 164 Å². The fraction of sp³-hybridized carbons (Fsp3) is 0.619. The molecule has 0 bridgehead atoms. The van der Waals surface area contributed by atoms with E-state index in [1.165, 1.54) is 17.0 Å². The Morgan fingerprint density at radius 3 is 2.43 bits per heavy atom. The maximum Gasteiger partial charge on any atom is 0.410 e. The summed E-state index contributed by atoms with van der Waals surface area (Å²) in [5, 5.41) is 2.84. The number of halogens is 2. The summed E-state index contributed by atoms with van der Waals surface area (Å²) in [5.74, 6) is -0.467. The Bertz CT molecular complexity index is 726. The first-order chi connectivity index (χ1) is 13.1. The summed E-state index contributed by atoms with van der Waals surface area (Å²) in [4.78, 5) is 26.2. The first kappa shape index (κ1) is 20.6. The van der Waals surface area contributed by atoms with E-state index in [1.807, 2.05) is 0 Å². The molecule has 3 rings (SSSR count). The predicted octanol–water partition coefficient (Wildman–Crippen LogP) is 3.61. The van der Waals surface area contributed by atoms with Crippen molar-refractivity contribution in [3.05, 3.63) is 35.6 Å². The van der Waals surface area contributed by atoms with Crippen LogP contribution in [0.2, 0.25) is 0 Å². The number of amides is 2. The van der Waals surface area contributed by atoms with Crippen LogP contribution in [0.25, 0.3) is 0 Å². The summed E-state index contributed by atoms with van der Waals surface area (Å²) < 4.78 is 33.0. The molecule has 28 heavy (non-hydrogen) atoms. The van der Waals surface area contributed by atoms with Crippen LogP contribution >= 0.6 is 0 Å². The molecule has 0 radical (unpaired) electrons. The molecule has 0 unspecified atom stereocenters. The zero-order chi connectivity index (χ0) is 20.5. The number of nitrogens with one attached hydrogen (secondary N) is 1. The third-order valence-electron chi connectivity index (χ3n) is 5.30. The summed E-state index contributed by atoms with van der Waals surface area (Å²) in [6.45, 7) is 5.54. The molecule has 2 fully saturated rings. The van der Waals surface area contributed by atoms with Crippen LogP contribution < -0.4 is 5.32 Å². The molecular formula is C21H28F2N2O3. The number of benzene rings is 1. The molecule has 1 aromatic carbocycles. The van der Waals surface area contributed by atoms with Gasteiger partial charge in [-0.2, -0.15) is 0 Å². The molecule has 2 aliphatic rings. The lowest BCUT2D eigenvalue weighted by atomic mass is 9.94. The van der Waals surface area contributed by atoms with E-state index in [1.54, 1.807) is 32.9 Å². The SMILES string of the molecule is CC(C)(C)OC(=O)N1CC[C@H](NC(=O)C2(Cc3ccc(F)cc3)CC2)[C@@H](F)C1. The highest BCUT2D eigenvalue weighted by Crippen LogP contribution is 2.48. The number of alkyl halides is 1. The fourth-order valence-corrected chi connectivity index (χ4v) is 3.51. The maximum absolute atomic E-state index is 14.6. The minimum absolute atomic E-state index is 0.0924. The third-order valence-corrected chi connectivity index (χ3v) is 5.30. The Morgan fingerprint density at radius 1 is 1.25 bits per heavy atom. The molecule has 1 saturated heterocycles. The number of ether oxygens (including phenoxy) is 1. The second kappa shape index (κ2) is 7.68. The third kappa shape index (κ3) is 5.00. The lowest BCUT2D eigenvalue weighted by molar-refractivity contribution is -0.128. The van der Waals surface area contributed by atoms with E-state index in [2.05, 4.69) is 5.32 Å². The smallest absolute Gasteiger partial charge is 0.410 e. The van der Waals surface area contributed by atoms with E-state index >= 15 is 0 Å². The van der Waals surface area contributed by atoms with Gasteiger partial charge in [0.15, 0.2) is 0 Å². The van der Waals surface area contributed by atoms with Crippen LogP contribution in [0.3, 0.4) is 0 Å². The summed E-state index contributed by atoms with van der Waals surface area (Å²) in [6.07, 6.45) is 0.473. The molecule has 0 aromatic heterocycles. The van der Waals surface area contributed by atoms with Crippen LogP contribution in [-0.2, 0) is 16.0 Å². The number of likely N-dealkylation sites (tertiary alicyclic amines) is 1. The van der Waals surface area contributed by atoms with Gasteiger partial charge in [0.25, 0.3) is 0 Å². The number of rotatable bonds is 4. The van der Waals surface area contributed by atoms with E-state index in [0.29, 0.717) is 19.4 Å². The number of carbonyl (C=O) groups excluding carboxylic acids is 2. The fourth-order valence-electron chi connectivity index (χ4n) is 3.51. The maximum atomic E-state index is 14.6. The first-order valence-electron chi connectivity index (χ1n) is 9.75. The van der Waals surface area contributed by atoms with Gasteiger partial charge in [0.05, 0.1) is 18.0 Å². The van der Waals surface area contributed by atoms with Crippen molar-refractivity contribution in [1.82, 2.24) is 10.2 Å². The highest BCUT2D eigenvalue weighted by atomic mass is 19.1. The number of nitrogens with zero attached hydrogens (tertiary/aromatic N) is 1. The van der Waals surface area contributed by atoms with Gasteiger partial charge in [-0.1, -0.05) is 12.1 Å². The largest absolute Gasteiger partial charge is 0.444 e. The van der Waals surface area contributed by atoms with Gasteiger partial charge in [-0.05, 0) is 64.2 Å². The minimum Gasteiger partial charge on any atom is -0.444 e. The summed E-state index contributed by atoms with van der Waals surface area (Å²) in [6, 6.07) is 5.51. The molecule has 1 aliphatic carbocycles. The topological polar surface area (TPSA) is 58.6 Å². The van der Waals surface area contributed by atoms with Gasteiger partial charge >= 0.3 is 6.09 Å². The van der Waals surface area contributed by atoms with Gasteiger partial charge in [-0.25, -0.2) is 13.6 Å². The number of carbonyl (C=O) groups is 2. The first-order valence-corrected chi connectivity index (χ1v) is 9.75. The lowest BCUT2D eigenvalue weighted by Gasteiger charge is -2.36. The van der Waals surface area contributed by atoms with Crippen LogP contribution in [0.5, 0.6) is 0 Å². The van der Waals surface area contributed by atoms with Crippen molar-refractivity contribution >= 4 is 12.0 Å². The van der Waals surface area contributed by atoms with Gasteiger partial charge in [0.2, 0.25) is 5.91 Å². The molecule has 1 aromatic rings. The van der Waals surface area contributed by atoms with E-state index in [0.717, 1.165) is 18.4 Å². The van der Waals surface area contributed by atoms with Crippen molar-refractivity contribution < 1.29 is 23.1 Å². The summed E-state index contributed by atoms with van der Waals surface area (Å²) in [5.41, 5.74) is -0.266. The van der Waals surface area contributed by atoms with E-state index in [4.69, 9.17) is 4.74 Å². The van der Waals surface area contributed by atoms with Gasteiger partial charge < -0.3 is 15.0 Å². The molecule has 2 amide bonds. The minimum atomic E-state index is -1.34. The Kier molecular flexibility index (Phi) is 5.64. The molecular weight excluding hydrogens is 366 g/mol. The second-order valence-corrected chi connectivity index (χ2v) is 8.89. The Morgan fingerprint density at radius 2 is 1.89 bits per heavy atom. The molecule has 0 spiro atoms. The average molecular weight is 394 g/mol. The number of hydrogen-bond acceptors (Lipinski definition) is 3. The van der Waals surface area contributed by atoms with Gasteiger partial charge in [-0.3, -0.25) is 4.79 Å². The van der Waals surface area contributed by atoms with Crippen LogP contribution in [0.1, 0.15) is 45.6 Å². The normalized spacial score (nSPS) is 23.8. The molecule has 1 N–H and O–H groups in total. The van der Waals surface area contributed by atoms with Crippen molar-refractivity contribution in [2.45, 2.75) is 64.3 Å². The molecule has 5 nitrogen and oxygen atoms in total. The van der Waals surface area contributed by atoms with Gasteiger partial charge in [0, 0.05) is 6.54 Å². The standard InChI is InChI=1S/C21H28F2N2O3/c1-20(2,3)28-19(27)25-11-8-17(16(23)13-25)24-18(26)21(9-10-21)12-14-4-6-15(22)7-5-14/h4-7,16-17H,8-13H2,1-3H3,(H,24,26)/t16-,17-/m0/s1. The summed E-state index contributed by atoms with van der Waals surface area (Å²) >= 11 is 0. The van der Waals surface area contributed by atoms with E-state index < -0.39 is 29.3 Å². The van der Waals surface area contributed by atoms with Crippen LogP contribution in [0.4, 0.5) is 13.6 Å². The highest BCUT2D eigenvalue weighted by Gasteiger charge is 2.50. The second-order valence-electron chi connectivity index (χ2n) is 8.89. The molecule has 2 atom stereocenters. The lowest BCUT2D eigenvalue weighted by Crippen LogP contribution is -2.55.